The number of hydrogen-bond acceptors (Lipinski definition) is 9. The molecule has 1 aliphatic rings. The Morgan fingerprint density at radius 2 is 1.52 bits per heavy atom. The average molecular weight is 630 g/mol. The molecule has 0 spiro atoms. The molecule has 2 heterocycles. The second kappa shape index (κ2) is 14.0. The molecule has 1 saturated heterocycles. The van der Waals surface area contributed by atoms with Crippen molar-refractivity contribution < 1.29 is 29.2 Å². The van der Waals surface area contributed by atoms with Gasteiger partial charge in [-0.25, -0.2) is 4.79 Å². The lowest BCUT2D eigenvalue weighted by atomic mass is 9.79. The van der Waals surface area contributed by atoms with Crippen LogP contribution < -0.4 is 20.7 Å². The molecule has 0 amide bonds. The number of nitrogens with zero attached hydrogens (tertiary/aromatic N) is 4. The first-order valence-corrected chi connectivity index (χ1v) is 14.6. The number of H-pyrrole nitrogens is 1. The summed E-state index contributed by atoms with van der Waals surface area (Å²) >= 11 is 0. The molecule has 13 nitrogen and oxygen atoms in total. The number of nitrogens with one attached hydrogen (secondary N) is 1. The summed E-state index contributed by atoms with van der Waals surface area (Å²) < 4.78 is 25.2. The quantitative estimate of drug-likeness (QED) is 0.0659. The standard InChI is InChI=1S/C33H35N5O8/c1-43-25-13-9-23(10-14-25)33(22-7-4-3-5-8-22,24-11-15-26(44-2)16-12-24)45-21-32(18-6-19-35-37-34)29(41)28(40)30(46-32)38-20-17-27(39)36-31(38)42/h3-5,7-17,20,28-30,40-41H,6,18-19,21H2,1-2H3,(H,36,39,42)/t28-,29+,30-,32-/m1/s1. The molecule has 4 aromatic rings. The van der Waals surface area contributed by atoms with Gasteiger partial charge in [0, 0.05) is 23.7 Å². The molecular formula is C33H35N5O8. The van der Waals surface area contributed by atoms with E-state index in [1.807, 2.05) is 78.9 Å². The topological polar surface area (TPSA) is 181 Å². The van der Waals surface area contributed by atoms with Gasteiger partial charge in [0.1, 0.15) is 34.9 Å². The highest BCUT2D eigenvalue weighted by molar-refractivity contribution is 5.49. The molecule has 0 bridgehead atoms. The van der Waals surface area contributed by atoms with Gasteiger partial charge in [-0.05, 0) is 59.3 Å². The number of aromatic nitrogens is 2. The summed E-state index contributed by atoms with van der Waals surface area (Å²) in [6, 6.07) is 25.4. The molecule has 1 aliphatic heterocycles. The first kappa shape index (κ1) is 32.5. The van der Waals surface area contributed by atoms with Gasteiger partial charge < -0.3 is 29.2 Å². The van der Waals surface area contributed by atoms with Gasteiger partial charge in [0.2, 0.25) is 0 Å². The van der Waals surface area contributed by atoms with E-state index in [0.29, 0.717) is 11.5 Å². The molecule has 13 heteroatoms. The molecule has 3 N–H and O–H groups in total. The minimum atomic E-state index is -1.58. The number of aliphatic hydroxyl groups excluding tert-OH is 2. The molecule has 0 unspecified atom stereocenters. The van der Waals surface area contributed by atoms with Gasteiger partial charge in [0.05, 0.1) is 20.8 Å². The lowest BCUT2D eigenvalue weighted by Gasteiger charge is -2.40. The maximum Gasteiger partial charge on any atom is 0.330 e. The van der Waals surface area contributed by atoms with Crippen LogP contribution in [0.25, 0.3) is 10.4 Å². The van der Waals surface area contributed by atoms with Crippen molar-refractivity contribution in [3.05, 3.63) is 139 Å². The predicted octanol–water partition coefficient (Wildman–Crippen LogP) is 3.64. The van der Waals surface area contributed by atoms with E-state index in [1.165, 1.54) is 6.20 Å². The number of methoxy groups -OCH3 is 2. The Kier molecular flexibility index (Phi) is 9.90. The SMILES string of the molecule is COc1ccc(C(OC[C@@]2(CCCN=[N+]=[N-])O[C@@H](n3ccc(=O)[nH]c3=O)[C@H](O)[C@@H]2O)(c2ccccc2)c2ccc(OC)cc2)cc1. The van der Waals surface area contributed by atoms with E-state index in [0.717, 1.165) is 27.3 Å². The molecule has 46 heavy (non-hydrogen) atoms. The fourth-order valence-corrected chi connectivity index (χ4v) is 5.89. The van der Waals surface area contributed by atoms with Crippen molar-refractivity contribution in [2.45, 2.75) is 42.5 Å². The highest BCUT2D eigenvalue weighted by Crippen LogP contribution is 2.46. The number of ether oxygens (including phenoxy) is 4. The molecule has 0 aliphatic carbocycles. The summed E-state index contributed by atoms with van der Waals surface area (Å²) in [5, 5.41) is 26.5. The van der Waals surface area contributed by atoms with Gasteiger partial charge in [0.25, 0.3) is 5.56 Å². The largest absolute Gasteiger partial charge is 0.497 e. The monoisotopic (exact) mass is 629 g/mol. The summed E-state index contributed by atoms with van der Waals surface area (Å²) in [7, 11) is 3.15. The second-order valence-electron chi connectivity index (χ2n) is 10.9. The number of benzene rings is 3. The fraction of sp³-hybridized carbons (Fsp3) is 0.333. The van der Waals surface area contributed by atoms with Crippen LogP contribution in [0, 0.1) is 0 Å². The first-order chi connectivity index (χ1) is 22.3. The zero-order chi connectivity index (χ0) is 32.7. The van der Waals surface area contributed by atoms with Crippen molar-refractivity contribution in [1.29, 1.82) is 0 Å². The van der Waals surface area contributed by atoms with Crippen LogP contribution in [0.4, 0.5) is 0 Å². The van der Waals surface area contributed by atoms with Crippen LogP contribution in [0.15, 0.2) is 106 Å². The van der Waals surface area contributed by atoms with Gasteiger partial charge in [-0.3, -0.25) is 14.3 Å². The predicted molar refractivity (Wildman–Crippen MR) is 168 cm³/mol. The Morgan fingerprint density at radius 3 is 2.07 bits per heavy atom. The number of aromatic amines is 1. The Hall–Kier alpha value is -4.91. The Morgan fingerprint density at radius 1 is 0.935 bits per heavy atom. The third-order valence-corrected chi connectivity index (χ3v) is 8.26. The Bertz CT molecular complexity index is 1720. The lowest BCUT2D eigenvalue weighted by molar-refractivity contribution is -0.164. The molecular weight excluding hydrogens is 594 g/mol. The highest BCUT2D eigenvalue weighted by atomic mass is 16.6. The van der Waals surface area contributed by atoms with Crippen LogP contribution in [0.5, 0.6) is 11.5 Å². The number of azide groups is 1. The van der Waals surface area contributed by atoms with Crippen LogP contribution in [-0.2, 0) is 15.1 Å². The molecule has 240 valence electrons. The van der Waals surface area contributed by atoms with E-state index in [1.54, 1.807) is 14.2 Å². The molecule has 4 atom stereocenters. The van der Waals surface area contributed by atoms with Crippen molar-refractivity contribution in [2.75, 3.05) is 27.4 Å². The molecule has 1 fully saturated rings. The number of hydrogen-bond donors (Lipinski definition) is 3. The van der Waals surface area contributed by atoms with Crippen LogP contribution in [0.2, 0.25) is 0 Å². The fourth-order valence-electron chi connectivity index (χ4n) is 5.89. The maximum absolute atomic E-state index is 12.7. The van der Waals surface area contributed by atoms with Crippen LogP contribution >= 0.6 is 0 Å². The third-order valence-electron chi connectivity index (χ3n) is 8.26. The molecule has 5 rings (SSSR count). The average Bonchev–Trinajstić information content (AvgIpc) is 3.33. The van der Waals surface area contributed by atoms with Crippen molar-refractivity contribution in [3.63, 3.8) is 0 Å². The minimum absolute atomic E-state index is 0.0918. The van der Waals surface area contributed by atoms with Crippen LogP contribution in [0.3, 0.4) is 0 Å². The first-order valence-electron chi connectivity index (χ1n) is 14.6. The zero-order valence-corrected chi connectivity index (χ0v) is 25.4. The van der Waals surface area contributed by atoms with Crippen molar-refractivity contribution in [1.82, 2.24) is 9.55 Å². The summed E-state index contributed by atoms with van der Waals surface area (Å²) in [5.74, 6) is 1.28. The summed E-state index contributed by atoms with van der Waals surface area (Å²) in [6.45, 7) is -0.183. The van der Waals surface area contributed by atoms with E-state index in [2.05, 4.69) is 15.0 Å². The third kappa shape index (κ3) is 6.27. The van der Waals surface area contributed by atoms with E-state index >= 15 is 0 Å². The van der Waals surface area contributed by atoms with Crippen molar-refractivity contribution in [2.24, 2.45) is 5.11 Å². The Labute approximate surface area is 264 Å². The van der Waals surface area contributed by atoms with Crippen molar-refractivity contribution in [3.8, 4) is 11.5 Å². The van der Waals surface area contributed by atoms with Gasteiger partial charge in [-0.15, -0.1) is 0 Å². The van der Waals surface area contributed by atoms with Crippen molar-refractivity contribution >= 4 is 0 Å². The van der Waals surface area contributed by atoms with E-state index in [-0.39, 0.29) is 26.0 Å². The summed E-state index contributed by atoms with van der Waals surface area (Å²) in [5.41, 5.74) is 6.78. The van der Waals surface area contributed by atoms with Gasteiger partial charge in [0.15, 0.2) is 6.23 Å². The molecule has 0 radical (unpaired) electrons. The summed E-state index contributed by atoms with van der Waals surface area (Å²) in [6.07, 6.45) is -2.90. The van der Waals surface area contributed by atoms with Gasteiger partial charge >= 0.3 is 5.69 Å². The zero-order valence-electron chi connectivity index (χ0n) is 25.4. The minimum Gasteiger partial charge on any atom is -0.497 e. The van der Waals surface area contributed by atoms with Gasteiger partial charge in [-0.2, -0.15) is 0 Å². The van der Waals surface area contributed by atoms with Gasteiger partial charge in [-0.1, -0.05) is 59.7 Å². The lowest BCUT2D eigenvalue weighted by Crippen LogP contribution is -2.49. The van der Waals surface area contributed by atoms with E-state index in [4.69, 9.17) is 24.5 Å². The normalized spacial score (nSPS) is 21.0. The molecule has 3 aromatic carbocycles. The van der Waals surface area contributed by atoms with Crippen LogP contribution in [0.1, 0.15) is 35.8 Å². The highest BCUT2D eigenvalue weighted by Gasteiger charge is 2.56. The smallest absolute Gasteiger partial charge is 0.330 e. The second-order valence-corrected chi connectivity index (χ2v) is 10.9. The Balaban J connectivity index is 1.64. The van der Waals surface area contributed by atoms with E-state index < -0.39 is 40.9 Å². The van der Waals surface area contributed by atoms with E-state index in [9.17, 15) is 19.8 Å². The molecule has 1 aromatic heterocycles. The molecule has 0 saturated carbocycles. The van der Waals surface area contributed by atoms with Crippen LogP contribution in [-0.4, -0.2) is 64.9 Å². The number of rotatable bonds is 13. The number of aliphatic hydroxyl groups is 2. The maximum atomic E-state index is 12.7. The summed E-state index contributed by atoms with van der Waals surface area (Å²) in [4.78, 5) is 29.4.